The number of benzene rings is 1. The molecule has 2 heterocycles. The predicted molar refractivity (Wildman–Crippen MR) is 79.4 cm³/mol. The first-order chi connectivity index (χ1) is 9.19. The van der Waals surface area contributed by atoms with Crippen LogP contribution in [0.4, 0.5) is 4.39 Å². The highest BCUT2D eigenvalue weighted by Crippen LogP contribution is 2.28. The molecule has 0 aliphatic carbocycles. The minimum Gasteiger partial charge on any atom is -0.327 e. The lowest BCUT2D eigenvalue weighted by atomic mass is 10.1. The molecule has 2 nitrogen and oxygen atoms in total. The molecule has 3 rings (SSSR count). The Hall–Kier alpha value is -0.740. The maximum atomic E-state index is 13.6. The average Bonchev–Trinajstić information content (AvgIpc) is 3.00. The summed E-state index contributed by atoms with van der Waals surface area (Å²) in [6.45, 7) is 2.73. The van der Waals surface area contributed by atoms with Crippen LogP contribution in [0, 0.1) is 18.7 Å². The lowest BCUT2D eigenvalue weighted by molar-refractivity contribution is 0.492. The van der Waals surface area contributed by atoms with Gasteiger partial charge in [0.25, 0.3) is 0 Å². The molecule has 1 atom stereocenters. The zero-order valence-electron chi connectivity index (χ0n) is 10.8. The second-order valence-corrected chi connectivity index (χ2v) is 6.51. The fraction of sp³-hybridized carbons (Fsp3) is 0.500. The van der Waals surface area contributed by atoms with E-state index < -0.39 is 0 Å². The largest absolute Gasteiger partial charge is 0.327 e. The summed E-state index contributed by atoms with van der Waals surface area (Å²) in [4.78, 5) is 4.46. The molecule has 1 fully saturated rings. The Bertz CT molecular complexity index is 605. The van der Waals surface area contributed by atoms with Crippen LogP contribution in [-0.2, 0) is 12.4 Å². The molecule has 0 bridgehead atoms. The van der Waals surface area contributed by atoms with E-state index in [1.165, 1.54) is 24.0 Å². The monoisotopic (exact) mass is 298 g/mol. The fourth-order valence-corrected chi connectivity index (χ4v) is 4.07. The van der Waals surface area contributed by atoms with E-state index in [2.05, 4.69) is 9.55 Å². The molecule has 1 aromatic heterocycles. The van der Waals surface area contributed by atoms with E-state index in [1.807, 2.05) is 17.8 Å². The van der Waals surface area contributed by atoms with Crippen molar-refractivity contribution in [3.8, 4) is 0 Å². The molecule has 0 N–H and O–H groups in total. The molecule has 0 amide bonds. The number of alkyl halides is 1. The zero-order valence-corrected chi connectivity index (χ0v) is 12.4. The number of hydrogen-bond donors (Lipinski definition) is 0. The standard InChI is InChI=1S/C14H16ClFN2S/c1-9-4-13-12(5-11(9)16)17-14(6-15)18(13)7-10-2-3-19-8-10/h4-5,10H,2-3,6-8H2,1H3. The quantitative estimate of drug-likeness (QED) is 0.798. The van der Waals surface area contributed by atoms with Gasteiger partial charge in [0, 0.05) is 12.6 Å². The fourth-order valence-electron chi connectivity index (χ4n) is 2.59. The number of halogens is 2. The van der Waals surface area contributed by atoms with Crippen molar-refractivity contribution in [2.45, 2.75) is 25.8 Å². The molecule has 1 aromatic carbocycles. The van der Waals surface area contributed by atoms with E-state index in [4.69, 9.17) is 11.6 Å². The molecule has 0 spiro atoms. The van der Waals surface area contributed by atoms with E-state index in [0.717, 1.165) is 17.9 Å². The maximum Gasteiger partial charge on any atom is 0.128 e. The van der Waals surface area contributed by atoms with Gasteiger partial charge in [-0.15, -0.1) is 11.6 Å². The summed E-state index contributed by atoms with van der Waals surface area (Å²) in [6, 6.07) is 3.40. The lowest BCUT2D eigenvalue weighted by Gasteiger charge is -2.13. The number of hydrogen-bond acceptors (Lipinski definition) is 2. The summed E-state index contributed by atoms with van der Waals surface area (Å²) in [6.07, 6.45) is 1.24. The lowest BCUT2D eigenvalue weighted by Crippen LogP contribution is -2.12. The van der Waals surface area contributed by atoms with Crippen molar-refractivity contribution in [1.29, 1.82) is 0 Å². The van der Waals surface area contributed by atoms with E-state index in [1.54, 1.807) is 6.92 Å². The highest BCUT2D eigenvalue weighted by atomic mass is 35.5. The van der Waals surface area contributed by atoms with Crippen LogP contribution in [0.2, 0.25) is 0 Å². The smallest absolute Gasteiger partial charge is 0.128 e. The van der Waals surface area contributed by atoms with Crippen LogP contribution >= 0.6 is 23.4 Å². The minimum absolute atomic E-state index is 0.199. The molecular formula is C14H16ClFN2S. The number of imidazole rings is 1. The van der Waals surface area contributed by atoms with Crippen LogP contribution in [0.3, 0.4) is 0 Å². The van der Waals surface area contributed by atoms with Gasteiger partial charge in [0.1, 0.15) is 11.6 Å². The zero-order chi connectivity index (χ0) is 13.4. The Morgan fingerprint density at radius 3 is 3.05 bits per heavy atom. The highest BCUT2D eigenvalue weighted by Gasteiger charge is 2.19. The molecule has 2 aromatic rings. The first kappa shape index (κ1) is 13.3. The number of aromatic nitrogens is 2. The summed E-state index contributed by atoms with van der Waals surface area (Å²) in [5.41, 5.74) is 2.38. The third-order valence-corrected chi connectivity index (χ3v) is 5.16. The van der Waals surface area contributed by atoms with Crippen molar-refractivity contribution < 1.29 is 4.39 Å². The molecule has 1 unspecified atom stereocenters. The van der Waals surface area contributed by atoms with Gasteiger partial charge in [0.2, 0.25) is 0 Å². The van der Waals surface area contributed by atoms with Crippen LogP contribution in [-0.4, -0.2) is 21.1 Å². The Morgan fingerprint density at radius 2 is 2.37 bits per heavy atom. The van der Waals surface area contributed by atoms with Crippen molar-refractivity contribution in [2.75, 3.05) is 11.5 Å². The number of fused-ring (bicyclic) bond motifs is 1. The molecule has 0 saturated carbocycles. The Balaban J connectivity index is 2.06. The van der Waals surface area contributed by atoms with Crippen molar-refractivity contribution in [2.24, 2.45) is 5.92 Å². The second kappa shape index (κ2) is 5.33. The van der Waals surface area contributed by atoms with Crippen molar-refractivity contribution >= 4 is 34.4 Å². The highest BCUT2D eigenvalue weighted by molar-refractivity contribution is 7.99. The summed E-state index contributed by atoms with van der Waals surface area (Å²) in [5.74, 6) is 4.13. The Morgan fingerprint density at radius 1 is 1.53 bits per heavy atom. The van der Waals surface area contributed by atoms with Crippen LogP contribution in [0.5, 0.6) is 0 Å². The Labute approximate surface area is 121 Å². The molecule has 1 aliphatic rings. The van der Waals surface area contributed by atoms with Gasteiger partial charge in [-0.25, -0.2) is 9.37 Å². The Kier molecular flexibility index (Phi) is 3.72. The topological polar surface area (TPSA) is 17.8 Å². The van der Waals surface area contributed by atoms with E-state index >= 15 is 0 Å². The number of aryl methyl sites for hydroxylation is 1. The summed E-state index contributed by atoms with van der Waals surface area (Å²) >= 11 is 7.99. The molecule has 102 valence electrons. The first-order valence-electron chi connectivity index (χ1n) is 6.48. The summed E-state index contributed by atoms with van der Waals surface area (Å²) in [7, 11) is 0. The SMILES string of the molecule is Cc1cc2c(cc1F)nc(CCl)n2CC1CCSC1. The van der Waals surface area contributed by atoms with Gasteiger partial charge in [0.15, 0.2) is 0 Å². The van der Waals surface area contributed by atoms with Gasteiger partial charge in [-0.3, -0.25) is 0 Å². The van der Waals surface area contributed by atoms with Crippen molar-refractivity contribution in [3.05, 3.63) is 29.3 Å². The third-order valence-electron chi connectivity index (χ3n) is 3.69. The molecular weight excluding hydrogens is 283 g/mol. The molecule has 19 heavy (non-hydrogen) atoms. The van der Waals surface area contributed by atoms with Gasteiger partial charge in [-0.2, -0.15) is 11.8 Å². The van der Waals surface area contributed by atoms with Crippen LogP contribution in [0.15, 0.2) is 12.1 Å². The molecule has 1 saturated heterocycles. The number of rotatable bonds is 3. The predicted octanol–water partition coefficient (Wildman–Crippen LogP) is 3.98. The summed E-state index contributed by atoms with van der Waals surface area (Å²) in [5, 5.41) is 0. The normalized spacial score (nSPS) is 19.4. The van der Waals surface area contributed by atoms with Gasteiger partial charge >= 0.3 is 0 Å². The van der Waals surface area contributed by atoms with E-state index in [-0.39, 0.29) is 5.82 Å². The van der Waals surface area contributed by atoms with Crippen LogP contribution in [0.1, 0.15) is 17.8 Å². The third kappa shape index (κ3) is 2.48. The maximum absolute atomic E-state index is 13.6. The van der Waals surface area contributed by atoms with E-state index in [0.29, 0.717) is 22.9 Å². The second-order valence-electron chi connectivity index (χ2n) is 5.09. The first-order valence-corrected chi connectivity index (χ1v) is 8.17. The number of thioether (sulfide) groups is 1. The van der Waals surface area contributed by atoms with Gasteiger partial charge in [-0.05, 0) is 42.4 Å². The van der Waals surface area contributed by atoms with Crippen LogP contribution in [0.25, 0.3) is 11.0 Å². The van der Waals surface area contributed by atoms with E-state index in [9.17, 15) is 4.39 Å². The minimum atomic E-state index is -0.199. The molecule has 5 heteroatoms. The van der Waals surface area contributed by atoms with Gasteiger partial charge < -0.3 is 4.57 Å². The van der Waals surface area contributed by atoms with Gasteiger partial charge in [-0.1, -0.05) is 0 Å². The summed E-state index contributed by atoms with van der Waals surface area (Å²) < 4.78 is 15.8. The molecule has 0 radical (unpaired) electrons. The van der Waals surface area contributed by atoms with Crippen molar-refractivity contribution in [1.82, 2.24) is 9.55 Å². The van der Waals surface area contributed by atoms with Crippen molar-refractivity contribution in [3.63, 3.8) is 0 Å². The van der Waals surface area contributed by atoms with Crippen LogP contribution < -0.4 is 0 Å². The molecule has 1 aliphatic heterocycles. The van der Waals surface area contributed by atoms with Gasteiger partial charge in [0.05, 0.1) is 16.9 Å². The average molecular weight is 299 g/mol. The number of nitrogens with zero attached hydrogens (tertiary/aromatic N) is 2.